The smallest absolute Gasteiger partial charge is 0.407 e. The average molecular weight is 718 g/mol. The van der Waals surface area contributed by atoms with E-state index in [0.717, 1.165) is 28.3 Å². The number of hydrogen-bond donors (Lipinski definition) is 2. The molecule has 6 aromatic rings. The van der Waals surface area contributed by atoms with E-state index in [-0.39, 0.29) is 30.4 Å². The molecule has 2 amide bonds. The molecule has 262 valence electrons. The molecule has 1 aliphatic carbocycles. The van der Waals surface area contributed by atoms with E-state index in [1.807, 2.05) is 36.4 Å². The van der Waals surface area contributed by atoms with Crippen LogP contribution < -0.4 is 24.8 Å². The van der Waals surface area contributed by atoms with Crippen LogP contribution in [0.25, 0.3) is 22.0 Å². The molecule has 0 fully saturated rings. The number of pyridine rings is 1. The Kier molecular flexibility index (Phi) is 9.90. The van der Waals surface area contributed by atoms with Gasteiger partial charge in [-0.25, -0.2) is 9.18 Å². The summed E-state index contributed by atoms with van der Waals surface area (Å²) in [7, 11) is 3.04. The lowest BCUT2D eigenvalue weighted by Gasteiger charge is -2.21. The monoisotopic (exact) mass is 717 g/mol. The molecule has 1 aromatic heterocycles. The second-order valence-electron chi connectivity index (χ2n) is 12.2. The summed E-state index contributed by atoms with van der Waals surface area (Å²) in [5, 5.41) is 6.61. The topological polar surface area (TPSA) is 108 Å². The van der Waals surface area contributed by atoms with Crippen LogP contribution in [0.1, 0.15) is 22.6 Å². The molecule has 0 radical (unpaired) electrons. The fourth-order valence-electron chi connectivity index (χ4n) is 6.40. The molecule has 7 rings (SSSR count). The van der Waals surface area contributed by atoms with Gasteiger partial charge in [0, 0.05) is 46.8 Å². The highest BCUT2D eigenvalue weighted by Crippen LogP contribution is 2.44. The van der Waals surface area contributed by atoms with Gasteiger partial charge >= 0.3 is 6.09 Å². The summed E-state index contributed by atoms with van der Waals surface area (Å²) in [5.41, 5.74) is 5.71. The SMILES string of the molecule is COc1cc(CC(NC(=O)OCC2c3ccccc3-c3ccccc32)C(=O)Nc2ccc(Oc3ccnc4cc(Cl)ccc34)c(F)c2)cc(OC)c1. The number of carbonyl (C=O) groups is 2. The number of amides is 2. The van der Waals surface area contributed by atoms with E-state index >= 15 is 4.39 Å². The van der Waals surface area contributed by atoms with Crippen molar-refractivity contribution in [2.24, 2.45) is 0 Å². The standard InChI is InChI=1S/C41H33ClFN3O6/c1-49-27-17-24(18-28(22-27)50-2)19-37(46-41(48)51-23-34-31-9-5-3-7-29(31)30-8-4-6-10-32(30)34)40(47)45-26-12-14-39(35(43)21-26)52-38-15-16-44-36-20-25(42)11-13-33(36)38/h3-18,20-22,34,37H,19,23H2,1-2H3,(H,45,47)(H,46,48). The Balaban J connectivity index is 1.09. The lowest BCUT2D eigenvalue weighted by Crippen LogP contribution is -2.45. The second kappa shape index (κ2) is 15.0. The van der Waals surface area contributed by atoms with Crippen molar-refractivity contribution in [2.45, 2.75) is 18.4 Å². The Hall–Kier alpha value is -6.13. The van der Waals surface area contributed by atoms with Crippen LogP contribution >= 0.6 is 11.6 Å². The number of alkyl carbamates (subject to hydrolysis) is 1. The van der Waals surface area contributed by atoms with E-state index in [1.54, 1.807) is 48.7 Å². The van der Waals surface area contributed by atoms with Crippen molar-refractivity contribution in [3.8, 4) is 34.1 Å². The Morgan fingerprint density at radius 3 is 2.19 bits per heavy atom. The van der Waals surface area contributed by atoms with Crippen LogP contribution in [0.4, 0.5) is 14.9 Å². The Bertz CT molecular complexity index is 2230. The van der Waals surface area contributed by atoms with Crippen molar-refractivity contribution in [3.05, 3.63) is 143 Å². The van der Waals surface area contributed by atoms with Crippen LogP contribution in [0.2, 0.25) is 5.02 Å². The first-order valence-electron chi connectivity index (χ1n) is 16.5. The molecule has 1 unspecified atom stereocenters. The Morgan fingerprint density at radius 2 is 1.52 bits per heavy atom. The van der Waals surface area contributed by atoms with Crippen LogP contribution in [0.3, 0.4) is 0 Å². The van der Waals surface area contributed by atoms with Gasteiger partial charge in [0.25, 0.3) is 0 Å². The van der Waals surface area contributed by atoms with E-state index in [9.17, 15) is 9.59 Å². The molecule has 0 bridgehead atoms. The molecule has 52 heavy (non-hydrogen) atoms. The fourth-order valence-corrected chi connectivity index (χ4v) is 6.57. The summed E-state index contributed by atoms with van der Waals surface area (Å²) in [6, 6.07) is 30.9. The zero-order valence-electron chi connectivity index (χ0n) is 28.2. The molecule has 2 N–H and O–H groups in total. The van der Waals surface area contributed by atoms with Crippen LogP contribution in [0.15, 0.2) is 115 Å². The minimum Gasteiger partial charge on any atom is -0.497 e. The van der Waals surface area contributed by atoms with E-state index in [1.165, 1.54) is 26.4 Å². The number of methoxy groups -OCH3 is 2. The number of rotatable bonds is 11. The van der Waals surface area contributed by atoms with E-state index in [0.29, 0.717) is 38.7 Å². The molecule has 0 spiro atoms. The van der Waals surface area contributed by atoms with Crippen molar-refractivity contribution < 1.29 is 32.9 Å². The van der Waals surface area contributed by atoms with Crippen molar-refractivity contribution in [3.63, 3.8) is 0 Å². The van der Waals surface area contributed by atoms with E-state index < -0.39 is 23.9 Å². The van der Waals surface area contributed by atoms with Gasteiger partial charge < -0.3 is 29.6 Å². The van der Waals surface area contributed by atoms with Gasteiger partial charge in [-0.1, -0.05) is 60.1 Å². The van der Waals surface area contributed by atoms with Crippen LogP contribution in [0.5, 0.6) is 23.0 Å². The maximum atomic E-state index is 15.4. The highest BCUT2D eigenvalue weighted by Gasteiger charge is 2.30. The van der Waals surface area contributed by atoms with Gasteiger partial charge in [-0.05, 0) is 76.3 Å². The number of fused-ring (bicyclic) bond motifs is 4. The van der Waals surface area contributed by atoms with Gasteiger partial charge in [0.05, 0.1) is 19.7 Å². The van der Waals surface area contributed by atoms with Gasteiger partial charge in [-0.2, -0.15) is 0 Å². The predicted octanol–water partition coefficient (Wildman–Crippen LogP) is 8.93. The molecule has 9 nitrogen and oxygen atoms in total. The van der Waals surface area contributed by atoms with Gasteiger partial charge in [0.2, 0.25) is 5.91 Å². The number of halogens is 2. The fraction of sp³-hybridized carbons (Fsp3) is 0.146. The number of anilines is 1. The van der Waals surface area contributed by atoms with Crippen molar-refractivity contribution in [1.29, 1.82) is 0 Å². The lowest BCUT2D eigenvalue weighted by molar-refractivity contribution is -0.118. The number of nitrogens with one attached hydrogen (secondary N) is 2. The van der Waals surface area contributed by atoms with Crippen LogP contribution in [0, 0.1) is 5.82 Å². The zero-order valence-corrected chi connectivity index (χ0v) is 28.9. The van der Waals surface area contributed by atoms with E-state index in [2.05, 4.69) is 27.8 Å². The first-order valence-corrected chi connectivity index (χ1v) is 16.8. The number of benzene rings is 5. The molecule has 5 aromatic carbocycles. The zero-order chi connectivity index (χ0) is 36.2. The van der Waals surface area contributed by atoms with Gasteiger partial charge in [0.15, 0.2) is 11.6 Å². The van der Waals surface area contributed by atoms with Crippen LogP contribution in [-0.2, 0) is 16.0 Å². The highest BCUT2D eigenvalue weighted by atomic mass is 35.5. The summed E-state index contributed by atoms with van der Waals surface area (Å²) in [6.07, 6.45) is 0.812. The number of nitrogens with zero attached hydrogens (tertiary/aromatic N) is 1. The van der Waals surface area contributed by atoms with Crippen LogP contribution in [-0.4, -0.2) is 43.9 Å². The first kappa shape index (κ1) is 34.3. The minimum absolute atomic E-state index is 0.0480. The van der Waals surface area contributed by atoms with Crippen molar-refractivity contribution >= 4 is 40.2 Å². The average Bonchev–Trinajstić information content (AvgIpc) is 3.48. The number of aromatic nitrogens is 1. The Morgan fingerprint density at radius 1 is 0.827 bits per heavy atom. The predicted molar refractivity (Wildman–Crippen MR) is 197 cm³/mol. The lowest BCUT2D eigenvalue weighted by atomic mass is 9.98. The molecule has 11 heteroatoms. The van der Waals surface area contributed by atoms with Gasteiger partial charge in [-0.15, -0.1) is 0 Å². The molecule has 0 aliphatic heterocycles. The normalized spacial score (nSPS) is 12.4. The molecule has 1 aliphatic rings. The minimum atomic E-state index is -1.12. The number of ether oxygens (including phenoxy) is 4. The summed E-state index contributed by atoms with van der Waals surface area (Å²) in [4.78, 5) is 31.4. The maximum Gasteiger partial charge on any atom is 0.407 e. The van der Waals surface area contributed by atoms with E-state index in [4.69, 9.17) is 30.5 Å². The molecule has 1 atom stereocenters. The molecule has 1 heterocycles. The highest BCUT2D eigenvalue weighted by molar-refractivity contribution is 6.31. The maximum absolute atomic E-state index is 15.4. The summed E-state index contributed by atoms with van der Waals surface area (Å²) in [6.45, 7) is 0.0632. The summed E-state index contributed by atoms with van der Waals surface area (Å²) < 4.78 is 37.9. The van der Waals surface area contributed by atoms with Gasteiger partial charge in [0.1, 0.15) is 29.9 Å². The second-order valence-corrected chi connectivity index (χ2v) is 12.6. The quantitative estimate of drug-likeness (QED) is 0.138. The molecule has 0 saturated carbocycles. The number of hydrogen-bond acceptors (Lipinski definition) is 7. The molecular weight excluding hydrogens is 685 g/mol. The number of carbonyl (C=O) groups excluding carboxylic acids is 2. The van der Waals surface area contributed by atoms with Gasteiger partial charge in [-0.3, -0.25) is 9.78 Å². The first-order chi connectivity index (χ1) is 25.3. The summed E-state index contributed by atoms with van der Waals surface area (Å²) >= 11 is 6.10. The van der Waals surface area contributed by atoms with Crippen molar-refractivity contribution in [2.75, 3.05) is 26.1 Å². The third-order valence-electron chi connectivity index (χ3n) is 8.89. The molecular formula is C41H33ClFN3O6. The Labute approximate surface area is 304 Å². The third-order valence-corrected chi connectivity index (χ3v) is 9.12. The molecule has 0 saturated heterocycles. The largest absolute Gasteiger partial charge is 0.497 e. The summed E-state index contributed by atoms with van der Waals surface area (Å²) in [5.74, 6) is -0.124. The third kappa shape index (κ3) is 7.33. The van der Waals surface area contributed by atoms with Crippen molar-refractivity contribution in [1.82, 2.24) is 10.3 Å².